The summed E-state index contributed by atoms with van der Waals surface area (Å²) < 4.78 is 5.85. The highest BCUT2D eigenvalue weighted by Gasteiger charge is 2.20. The third kappa shape index (κ3) is 4.60. The molecule has 0 aromatic carbocycles. The number of pyridine rings is 1. The van der Waals surface area contributed by atoms with Crippen LogP contribution in [0.15, 0.2) is 18.3 Å². The summed E-state index contributed by atoms with van der Waals surface area (Å²) in [5.74, 6) is 1.42. The van der Waals surface area contributed by atoms with E-state index in [2.05, 4.69) is 17.2 Å². The number of nitrogens with one attached hydrogen (secondary N) is 1. The second-order valence-corrected chi connectivity index (χ2v) is 6.86. The molecule has 5 heteroatoms. The van der Waals surface area contributed by atoms with E-state index in [-0.39, 0.29) is 6.03 Å². The SMILES string of the molecule is CC1CCN(C(=O)NCc2ccc(OC3CCCC3)nc2)CC1. The van der Waals surface area contributed by atoms with Gasteiger partial charge in [-0.2, -0.15) is 0 Å². The molecule has 2 heterocycles. The normalized spacial score (nSPS) is 19.8. The summed E-state index contributed by atoms with van der Waals surface area (Å²) in [6.45, 7) is 4.48. The molecule has 3 rings (SSSR count). The maximum Gasteiger partial charge on any atom is 0.317 e. The topological polar surface area (TPSA) is 54.5 Å². The summed E-state index contributed by atoms with van der Waals surface area (Å²) in [5.41, 5.74) is 1.00. The minimum Gasteiger partial charge on any atom is -0.474 e. The average Bonchev–Trinajstić information content (AvgIpc) is 3.07. The van der Waals surface area contributed by atoms with Crippen molar-refractivity contribution in [3.8, 4) is 5.88 Å². The van der Waals surface area contributed by atoms with Gasteiger partial charge in [0, 0.05) is 31.9 Å². The van der Waals surface area contributed by atoms with Crippen molar-refractivity contribution >= 4 is 6.03 Å². The third-order valence-electron chi connectivity index (χ3n) is 4.90. The number of urea groups is 1. The molecule has 0 bridgehead atoms. The Labute approximate surface area is 138 Å². The number of hydrogen-bond acceptors (Lipinski definition) is 3. The van der Waals surface area contributed by atoms with Crippen molar-refractivity contribution in [3.05, 3.63) is 23.9 Å². The number of ether oxygens (including phenoxy) is 1. The van der Waals surface area contributed by atoms with E-state index in [1.54, 1.807) is 6.20 Å². The number of amides is 2. The monoisotopic (exact) mass is 317 g/mol. The number of hydrogen-bond donors (Lipinski definition) is 1. The van der Waals surface area contributed by atoms with Gasteiger partial charge in [0.05, 0.1) is 0 Å². The molecule has 1 aromatic heterocycles. The van der Waals surface area contributed by atoms with Gasteiger partial charge in [0.25, 0.3) is 0 Å². The summed E-state index contributed by atoms with van der Waals surface area (Å²) in [6.07, 6.45) is 9.10. The van der Waals surface area contributed by atoms with E-state index in [9.17, 15) is 4.79 Å². The predicted molar refractivity (Wildman–Crippen MR) is 89.3 cm³/mol. The fraction of sp³-hybridized carbons (Fsp3) is 0.667. The first kappa shape index (κ1) is 16.1. The average molecular weight is 317 g/mol. The lowest BCUT2D eigenvalue weighted by atomic mass is 10.00. The molecule has 1 aliphatic carbocycles. The van der Waals surface area contributed by atoms with Gasteiger partial charge < -0.3 is 15.0 Å². The molecule has 1 saturated carbocycles. The fourth-order valence-corrected chi connectivity index (χ4v) is 3.26. The second kappa shape index (κ2) is 7.66. The zero-order valence-corrected chi connectivity index (χ0v) is 14.0. The molecule has 0 spiro atoms. The molecule has 0 atom stereocenters. The summed E-state index contributed by atoms with van der Waals surface area (Å²) in [4.78, 5) is 18.4. The Bertz CT molecular complexity index is 504. The maximum atomic E-state index is 12.1. The van der Waals surface area contributed by atoms with Crippen LogP contribution in [-0.4, -0.2) is 35.1 Å². The lowest BCUT2D eigenvalue weighted by Gasteiger charge is -2.30. The number of piperidine rings is 1. The molecule has 1 saturated heterocycles. The number of carbonyl (C=O) groups excluding carboxylic acids is 1. The van der Waals surface area contributed by atoms with Crippen LogP contribution < -0.4 is 10.1 Å². The number of aromatic nitrogens is 1. The second-order valence-electron chi connectivity index (χ2n) is 6.86. The van der Waals surface area contributed by atoms with Gasteiger partial charge >= 0.3 is 6.03 Å². The number of rotatable bonds is 4. The standard InChI is InChI=1S/C18H27N3O2/c1-14-8-10-21(11-9-14)18(22)20-13-15-6-7-17(19-12-15)23-16-4-2-3-5-16/h6-7,12,14,16H,2-5,8-11,13H2,1H3,(H,20,22). The highest BCUT2D eigenvalue weighted by molar-refractivity contribution is 5.74. The quantitative estimate of drug-likeness (QED) is 0.926. The van der Waals surface area contributed by atoms with E-state index in [0.29, 0.717) is 18.5 Å². The van der Waals surface area contributed by atoms with Crippen molar-refractivity contribution < 1.29 is 9.53 Å². The first-order valence-electron chi connectivity index (χ1n) is 8.85. The van der Waals surface area contributed by atoms with Gasteiger partial charge in [-0.3, -0.25) is 0 Å². The molecular formula is C18H27N3O2. The van der Waals surface area contributed by atoms with Gasteiger partial charge in [-0.1, -0.05) is 13.0 Å². The first-order valence-corrected chi connectivity index (χ1v) is 8.85. The molecule has 126 valence electrons. The van der Waals surface area contributed by atoms with Crippen LogP contribution in [0.1, 0.15) is 51.0 Å². The molecule has 1 aliphatic heterocycles. The van der Waals surface area contributed by atoms with Crippen LogP contribution >= 0.6 is 0 Å². The van der Waals surface area contributed by atoms with Crippen molar-refractivity contribution in [1.82, 2.24) is 15.2 Å². The molecule has 1 N–H and O–H groups in total. The summed E-state index contributed by atoms with van der Waals surface area (Å²) in [6, 6.07) is 3.92. The summed E-state index contributed by atoms with van der Waals surface area (Å²) in [5, 5.41) is 2.98. The largest absolute Gasteiger partial charge is 0.474 e. The highest BCUT2D eigenvalue weighted by atomic mass is 16.5. The fourth-order valence-electron chi connectivity index (χ4n) is 3.26. The van der Waals surface area contributed by atoms with E-state index in [0.717, 1.165) is 50.3 Å². The lowest BCUT2D eigenvalue weighted by Crippen LogP contribution is -2.43. The van der Waals surface area contributed by atoms with Crippen LogP contribution in [0.4, 0.5) is 4.79 Å². The Morgan fingerprint density at radius 3 is 2.65 bits per heavy atom. The molecule has 0 unspecified atom stereocenters. The number of nitrogens with zero attached hydrogens (tertiary/aromatic N) is 2. The molecule has 1 aromatic rings. The zero-order valence-electron chi connectivity index (χ0n) is 14.0. The predicted octanol–water partition coefficient (Wildman–Crippen LogP) is 3.34. The molecule has 23 heavy (non-hydrogen) atoms. The zero-order chi connectivity index (χ0) is 16.1. The minimum atomic E-state index is 0.0307. The number of likely N-dealkylation sites (tertiary alicyclic amines) is 1. The van der Waals surface area contributed by atoms with Crippen LogP contribution in [0, 0.1) is 5.92 Å². The van der Waals surface area contributed by atoms with Gasteiger partial charge in [0.15, 0.2) is 0 Å². The first-order chi connectivity index (χ1) is 11.2. The summed E-state index contributed by atoms with van der Waals surface area (Å²) in [7, 11) is 0. The summed E-state index contributed by atoms with van der Waals surface area (Å²) >= 11 is 0. The maximum absolute atomic E-state index is 12.1. The molecule has 2 fully saturated rings. The molecule has 5 nitrogen and oxygen atoms in total. The Kier molecular flexibility index (Phi) is 5.36. The molecular weight excluding hydrogens is 290 g/mol. The van der Waals surface area contributed by atoms with Crippen molar-refractivity contribution in [1.29, 1.82) is 0 Å². The Balaban J connectivity index is 1.43. The van der Waals surface area contributed by atoms with E-state index in [1.165, 1.54) is 12.8 Å². The van der Waals surface area contributed by atoms with E-state index >= 15 is 0 Å². The van der Waals surface area contributed by atoms with Crippen molar-refractivity contribution in [3.63, 3.8) is 0 Å². The Morgan fingerprint density at radius 2 is 2.00 bits per heavy atom. The molecule has 2 aliphatic rings. The van der Waals surface area contributed by atoms with Crippen LogP contribution in [0.5, 0.6) is 5.88 Å². The van der Waals surface area contributed by atoms with E-state index in [4.69, 9.17) is 4.74 Å². The molecule has 0 radical (unpaired) electrons. The van der Waals surface area contributed by atoms with Gasteiger partial charge in [0.1, 0.15) is 6.10 Å². The number of carbonyl (C=O) groups is 1. The van der Waals surface area contributed by atoms with Gasteiger partial charge in [-0.25, -0.2) is 9.78 Å². The van der Waals surface area contributed by atoms with E-state index in [1.807, 2.05) is 17.0 Å². The Hall–Kier alpha value is -1.78. The smallest absolute Gasteiger partial charge is 0.317 e. The lowest BCUT2D eigenvalue weighted by molar-refractivity contribution is 0.173. The highest BCUT2D eigenvalue weighted by Crippen LogP contribution is 2.22. The third-order valence-corrected chi connectivity index (χ3v) is 4.90. The van der Waals surface area contributed by atoms with Crippen LogP contribution in [0.25, 0.3) is 0 Å². The van der Waals surface area contributed by atoms with E-state index < -0.39 is 0 Å². The molecule has 2 amide bonds. The minimum absolute atomic E-state index is 0.0307. The van der Waals surface area contributed by atoms with Crippen LogP contribution in [0.2, 0.25) is 0 Å². The Morgan fingerprint density at radius 1 is 1.26 bits per heavy atom. The van der Waals surface area contributed by atoms with Crippen LogP contribution in [0.3, 0.4) is 0 Å². The van der Waals surface area contributed by atoms with Crippen molar-refractivity contribution in [2.24, 2.45) is 5.92 Å². The van der Waals surface area contributed by atoms with Gasteiger partial charge in [-0.15, -0.1) is 0 Å². The van der Waals surface area contributed by atoms with Gasteiger partial charge in [-0.05, 0) is 50.0 Å². The van der Waals surface area contributed by atoms with Gasteiger partial charge in [0.2, 0.25) is 5.88 Å². The van der Waals surface area contributed by atoms with Crippen molar-refractivity contribution in [2.75, 3.05) is 13.1 Å². The van der Waals surface area contributed by atoms with Crippen molar-refractivity contribution in [2.45, 2.75) is 58.1 Å². The van der Waals surface area contributed by atoms with Crippen LogP contribution in [-0.2, 0) is 6.54 Å².